The van der Waals surface area contributed by atoms with Crippen molar-refractivity contribution in [3.05, 3.63) is 0 Å². The van der Waals surface area contributed by atoms with Crippen molar-refractivity contribution in [2.45, 2.75) is 25.8 Å². The fourth-order valence-corrected chi connectivity index (χ4v) is 0.434. The number of hydrogen-bond acceptors (Lipinski definition) is 2. The first-order valence-electron chi connectivity index (χ1n) is 2.67. The molecule has 1 atom stereocenters. The third-order valence-corrected chi connectivity index (χ3v) is 0.917. The largest absolute Gasteiger partial charge is 0.480 e. The zero-order valence-corrected chi connectivity index (χ0v) is 6.15. The van der Waals surface area contributed by atoms with Crippen LogP contribution in [0.25, 0.3) is 0 Å². The van der Waals surface area contributed by atoms with E-state index in [9.17, 15) is 4.79 Å². The Morgan fingerprint density at radius 1 is 1.78 bits per heavy atom. The average Bonchev–Trinajstić information content (AvgIpc) is 1.67. The number of hydrogen-bond donors (Lipinski definition) is 2. The highest BCUT2D eigenvalue weighted by Gasteiger charge is 2.07. The minimum absolute atomic E-state index is 0. The minimum Gasteiger partial charge on any atom is -0.480 e. The molecule has 0 saturated carbocycles. The van der Waals surface area contributed by atoms with E-state index in [1.165, 1.54) is 0 Å². The Kier molecular flexibility index (Phi) is 7.48. The maximum absolute atomic E-state index is 9.96. The molecule has 0 unspecified atom stereocenters. The van der Waals surface area contributed by atoms with E-state index in [-0.39, 0.29) is 12.4 Å². The molecule has 4 heteroatoms. The molecule has 3 N–H and O–H groups in total. The summed E-state index contributed by atoms with van der Waals surface area (Å²) in [6.45, 7) is 1.91. The van der Waals surface area contributed by atoms with E-state index in [1.54, 1.807) is 0 Å². The first-order chi connectivity index (χ1) is 3.68. The highest BCUT2D eigenvalue weighted by Crippen LogP contribution is 1.91. The molecule has 0 radical (unpaired) electrons. The fourth-order valence-electron chi connectivity index (χ4n) is 0.434. The second-order valence-electron chi connectivity index (χ2n) is 1.73. The van der Waals surface area contributed by atoms with E-state index >= 15 is 0 Å². The average molecular weight is 154 g/mol. The minimum atomic E-state index is -0.910. The van der Waals surface area contributed by atoms with Crippen molar-refractivity contribution >= 4 is 18.4 Å². The maximum Gasteiger partial charge on any atom is 0.320 e. The summed E-state index contributed by atoms with van der Waals surface area (Å²) in [4.78, 5) is 9.96. The first-order valence-corrected chi connectivity index (χ1v) is 2.67. The van der Waals surface area contributed by atoms with Crippen LogP contribution in [0, 0.1) is 0 Å². The molecule has 0 bridgehead atoms. The van der Waals surface area contributed by atoms with Gasteiger partial charge in [0.2, 0.25) is 0 Å². The van der Waals surface area contributed by atoms with Crippen LogP contribution in [0.5, 0.6) is 0 Å². The summed E-state index contributed by atoms with van der Waals surface area (Å²) in [5, 5.41) is 8.19. The van der Waals surface area contributed by atoms with Crippen molar-refractivity contribution < 1.29 is 9.90 Å². The van der Waals surface area contributed by atoms with Gasteiger partial charge >= 0.3 is 5.97 Å². The third kappa shape index (κ3) is 5.59. The van der Waals surface area contributed by atoms with Crippen LogP contribution in [0.4, 0.5) is 0 Å². The van der Waals surface area contributed by atoms with Crippen molar-refractivity contribution in [1.29, 1.82) is 0 Å². The SMILES string of the molecule is CCC[C@H](N)C(=O)O.Cl. The summed E-state index contributed by atoms with van der Waals surface area (Å²) in [5.74, 6) is -0.910. The summed E-state index contributed by atoms with van der Waals surface area (Å²) in [5.41, 5.74) is 5.13. The molecule has 0 fully saturated rings. The zero-order chi connectivity index (χ0) is 6.57. The topological polar surface area (TPSA) is 63.3 Å². The number of carboxylic acids is 1. The molecule has 0 aliphatic carbocycles. The fraction of sp³-hybridized carbons (Fsp3) is 0.800. The van der Waals surface area contributed by atoms with Gasteiger partial charge in [0.25, 0.3) is 0 Å². The van der Waals surface area contributed by atoms with Crippen LogP contribution in [-0.2, 0) is 4.79 Å². The van der Waals surface area contributed by atoms with E-state index in [2.05, 4.69) is 0 Å². The van der Waals surface area contributed by atoms with E-state index in [4.69, 9.17) is 10.8 Å². The molecule has 0 aromatic rings. The summed E-state index contributed by atoms with van der Waals surface area (Å²) in [6.07, 6.45) is 1.39. The number of aliphatic carboxylic acids is 1. The highest BCUT2D eigenvalue weighted by atomic mass is 35.5. The lowest BCUT2D eigenvalue weighted by Crippen LogP contribution is -2.29. The molecular formula is C5H12ClNO2. The zero-order valence-electron chi connectivity index (χ0n) is 5.33. The van der Waals surface area contributed by atoms with E-state index in [0.717, 1.165) is 6.42 Å². The molecule has 9 heavy (non-hydrogen) atoms. The van der Waals surface area contributed by atoms with Crippen LogP contribution in [0.3, 0.4) is 0 Å². The van der Waals surface area contributed by atoms with E-state index < -0.39 is 12.0 Å². The van der Waals surface area contributed by atoms with Crippen molar-refractivity contribution in [3.63, 3.8) is 0 Å². The van der Waals surface area contributed by atoms with Gasteiger partial charge in [-0.25, -0.2) is 0 Å². The van der Waals surface area contributed by atoms with Gasteiger partial charge in [-0.05, 0) is 6.42 Å². The lowest BCUT2D eigenvalue weighted by molar-refractivity contribution is -0.138. The lowest BCUT2D eigenvalue weighted by Gasteiger charge is -2.00. The summed E-state index contributed by atoms with van der Waals surface area (Å²) in [7, 11) is 0. The quantitative estimate of drug-likeness (QED) is 0.625. The normalized spacial score (nSPS) is 11.8. The van der Waals surface area contributed by atoms with Gasteiger partial charge in [0.05, 0.1) is 0 Å². The van der Waals surface area contributed by atoms with Crippen LogP contribution < -0.4 is 5.73 Å². The first kappa shape index (κ1) is 11.5. The van der Waals surface area contributed by atoms with Crippen molar-refractivity contribution in [1.82, 2.24) is 0 Å². The molecule has 0 aliphatic heterocycles. The molecule has 56 valence electrons. The van der Waals surface area contributed by atoms with Crippen LogP contribution >= 0.6 is 12.4 Å². The van der Waals surface area contributed by atoms with Crippen LogP contribution in [0.15, 0.2) is 0 Å². The van der Waals surface area contributed by atoms with Gasteiger partial charge < -0.3 is 10.8 Å². The number of carboxylic acid groups (broad SMARTS) is 1. The third-order valence-electron chi connectivity index (χ3n) is 0.917. The smallest absolute Gasteiger partial charge is 0.320 e. The van der Waals surface area contributed by atoms with Crippen molar-refractivity contribution in [3.8, 4) is 0 Å². The Morgan fingerprint density at radius 2 is 2.22 bits per heavy atom. The van der Waals surface area contributed by atoms with Gasteiger partial charge in [0.1, 0.15) is 6.04 Å². The number of nitrogens with two attached hydrogens (primary N) is 1. The summed E-state index contributed by atoms with van der Waals surface area (Å²) >= 11 is 0. The van der Waals surface area contributed by atoms with Crippen LogP contribution in [0.1, 0.15) is 19.8 Å². The molecule has 0 heterocycles. The molecule has 0 aliphatic rings. The predicted molar refractivity (Wildman–Crippen MR) is 37.8 cm³/mol. The Bertz CT molecular complexity index is 87.0. The summed E-state index contributed by atoms with van der Waals surface area (Å²) < 4.78 is 0. The van der Waals surface area contributed by atoms with E-state index in [1.807, 2.05) is 6.92 Å². The Hall–Kier alpha value is -0.280. The van der Waals surface area contributed by atoms with Gasteiger partial charge in [0, 0.05) is 0 Å². The second kappa shape index (κ2) is 5.85. The standard InChI is InChI=1S/C5H11NO2.ClH/c1-2-3-4(6)5(7)8;/h4H,2-3,6H2,1H3,(H,7,8);1H/t4-;/m0./s1. The molecule has 3 nitrogen and oxygen atoms in total. The Balaban J connectivity index is 0. The van der Waals surface area contributed by atoms with Gasteiger partial charge in [-0.2, -0.15) is 0 Å². The number of rotatable bonds is 3. The van der Waals surface area contributed by atoms with Gasteiger partial charge in [-0.1, -0.05) is 13.3 Å². The number of halogens is 1. The predicted octanol–water partition coefficient (Wildman–Crippen LogP) is 0.620. The lowest BCUT2D eigenvalue weighted by atomic mass is 10.2. The van der Waals surface area contributed by atoms with E-state index in [0.29, 0.717) is 6.42 Å². The maximum atomic E-state index is 9.96. The number of carbonyl (C=O) groups is 1. The monoisotopic (exact) mass is 153 g/mol. The van der Waals surface area contributed by atoms with Crippen LogP contribution in [0.2, 0.25) is 0 Å². The second-order valence-corrected chi connectivity index (χ2v) is 1.73. The van der Waals surface area contributed by atoms with Gasteiger partial charge in [-0.15, -0.1) is 12.4 Å². The molecular weight excluding hydrogens is 142 g/mol. The van der Waals surface area contributed by atoms with Crippen LogP contribution in [-0.4, -0.2) is 17.1 Å². The van der Waals surface area contributed by atoms with Gasteiger partial charge in [-0.3, -0.25) is 4.79 Å². The molecule has 0 amide bonds. The molecule has 0 saturated heterocycles. The molecule has 0 rings (SSSR count). The summed E-state index contributed by atoms with van der Waals surface area (Å²) in [6, 6.07) is -0.667. The Morgan fingerprint density at radius 3 is 2.33 bits per heavy atom. The van der Waals surface area contributed by atoms with Crippen molar-refractivity contribution in [2.24, 2.45) is 5.73 Å². The van der Waals surface area contributed by atoms with Crippen molar-refractivity contribution in [2.75, 3.05) is 0 Å². The molecule has 0 aromatic carbocycles. The Labute approximate surface area is 60.6 Å². The molecule has 0 aromatic heterocycles. The highest BCUT2D eigenvalue weighted by molar-refractivity contribution is 5.85. The van der Waals surface area contributed by atoms with Gasteiger partial charge in [0.15, 0.2) is 0 Å². The molecule has 0 spiro atoms.